The van der Waals surface area contributed by atoms with Crippen molar-refractivity contribution in [3.05, 3.63) is 35.6 Å². The number of hydrogen-bond donors (Lipinski definition) is 2. The second kappa shape index (κ2) is 6.53. The minimum Gasteiger partial charge on any atom is -0.396 e. The quantitative estimate of drug-likeness (QED) is 0.755. The lowest BCUT2D eigenvalue weighted by molar-refractivity contribution is 0.276. The van der Waals surface area contributed by atoms with Crippen molar-refractivity contribution in [3.63, 3.8) is 0 Å². The molecule has 2 nitrogen and oxygen atoms in total. The zero-order valence-electron chi connectivity index (χ0n) is 9.04. The summed E-state index contributed by atoms with van der Waals surface area (Å²) in [5.74, 6) is -0.167. The van der Waals surface area contributed by atoms with E-state index in [1.807, 2.05) is 13.0 Å². The first kappa shape index (κ1) is 12.1. The van der Waals surface area contributed by atoms with E-state index < -0.39 is 0 Å². The summed E-state index contributed by atoms with van der Waals surface area (Å²) in [4.78, 5) is 0. The van der Waals surface area contributed by atoms with Crippen molar-refractivity contribution in [3.8, 4) is 0 Å². The van der Waals surface area contributed by atoms with Crippen LogP contribution in [0.2, 0.25) is 0 Å². The van der Waals surface area contributed by atoms with Gasteiger partial charge in [0.2, 0.25) is 0 Å². The second-order valence-electron chi connectivity index (χ2n) is 3.74. The lowest BCUT2D eigenvalue weighted by Crippen LogP contribution is -2.26. The Balaban J connectivity index is 2.33. The van der Waals surface area contributed by atoms with Crippen LogP contribution in [0.3, 0.4) is 0 Å². The van der Waals surface area contributed by atoms with Crippen LogP contribution >= 0.6 is 0 Å². The van der Waals surface area contributed by atoms with Gasteiger partial charge >= 0.3 is 0 Å². The average Bonchev–Trinajstić information content (AvgIpc) is 2.25. The number of aliphatic hydroxyl groups excluding tert-OH is 1. The smallest absolute Gasteiger partial charge is 0.127 e. The molecule has 3 heteroatoms. The molecule has 0 fully saturated rings. The van der Waals surface area contributed by atoms with Crippen LogP contribution < -0.4 is 5.32 Å². The Kier molecular flexibility index (Phi) is 5.29. The van der Waals surface area contributed by atoms with Crippen LogP contribution in [0.15, 0.2) is 24.3 Å². The molecule has 0 saturated carbocycles. The van der Waals surface area contributed by atoms with Crippen LogP contribution in [0.25, 0.3) is 0 Å². The third kappa shape index (κ3) is 4.40. The molecule has 0 bridgehead atoms. The fourth-order valence-corrected chi connectivity index (χ4v) is 1.43. The second-order valence-corrected chi connectivity index (χ2v) is 3.74. The molecule has 0 aliphatic carbocycles. The largest absolute Gasteiger partial charge is 0.396 e. The Labute approximate surface area is 90.1 Å². The number of rotatable bonds is 6. The summed E-state index contributed by atoms with van der Waals surface area (Å²) in [5.41, 5.74) is 0.688. The molecule has 0 amide bonds. The maximum absolute atomic E-state index is 13.2. The predicted octanol–water partition coefficient (Wildman–Crippen LogP) is 2.08. The highest BCUT2D eigenvalue weighted by Gasteiger charge is 2.03. The molecule has 1 atom stereocenters. The van der Waals surface area contributed by atoms with E-state index >= 15 is 0 Å². The average molecular weight is 211 g/mol. The van der Waals surface area contributed by atoms with E-state index in [-0.39, 0.29) is 12.4 Å². The fraction of sp³-hybridized carbons (Fsp3) is 0.500. The maximum atomic E-state index is 13.2. The molecule has 0 aromatic heterocycles. The normalized spacial score (nSPS) is 12.7. The topological polar surface area (TPSA) is 32.3 Å². The lowest BCUT2D eigenvalue weighted by atomic mass is 10.1. The number of halogens is 1. The summed E-state index contributed by atoms with van der Waals surface area (Å²) in [7, 11) is 0. The highest BCUT2D eigenvalue weighted by molar-refractivity contribution is 5.16. The van der Waals surface area contributed by atoms with Gasteiger partial charge in [-0.15, -0.1) is 0 Å². The number of aliphatic hydroxyl groups is 1. The SMILES string of the molecule is C[C@@H](CCCO)NCc1ccccc1F. The minimum absolute atomic E-state index is 0.167. The van der Waals surface area contributed by atoms with Gasteiger partial charge in [0.05, 0.1) is 0 Å². The number of hydrogen-bond acceptors (Lipinski definition) is 2. The highest BCUT2D eigenvalue weighted by atomic mass is 19.1. The van der Waals surface area contributed by atoms with Crippen LogP contribution in [0, 0.1) is 5.82 Å². The summed E-state index contributed by atoms with van der Waals surface area (Å²) in [6.45, 7) is 2.79. The maximum Gasteiger partial charge on any atom is 0.127 e. The van der Waals surface area contributed by atoms with Crippen molar-refractivity contribution in [1.82, 2.24) is 5.32 Å². The number of benzene rings is 1. The van der Waals surface area contributed by atoms with Crippen LogP contribution in [0.5, 0.6) is 0 Å². The third-order valence-corrected chi connectivity index (χ3v) is 2.39. The standard InChI is InChI=1S/C12H18FNO/c1-10(5-4-8-15)14-9-11-6-2-3-7-12(11)13/h2-3,6-7,10,14-15H,4-5,8-9H2,1H3/t10-/m0/s1. The van der Waals surface area contributed by atoms with Gasteiger partial charge in [-0.25, -0.2) is 4.39 Å². The zero-order valence-corrected chi connectivity index (χ0v) is 9.04. The van der Waals surface area contributed by atoms with E-state index in [2.05, 4.69) is 5.32 Å². The molecular formula is C12H18FNO. The molecule has 0 aliphatic rings. The van der Waals surface area contributed by atoms with Crippen LogP contribution in [0.4, 0.5) is 4.39 Å². The summed E-state index contributed by atoms with van der Waals surface area (Å²) >= 11 is 0. The van der Waals surface area contributed by atoms with Gasteiger partial charge in [-0.1, -0.05) is 18.2 Å². The van der Waals surface area contributed by atoms with Crippen LogP contribution in [0.1, 0.15) is 25.3 Å². The summed E-state index contributed by atoms with van der Waals surface area (Å²) in [6.07, 6.45) is 1.69. The third-order valence-electron chi connectivity index (χ3n) is 2.39. The molecule has 1 aromatic rings. The van der Waals surface area contributed by atoms with Gasteiger partial charge in [-0.05, 0) is 25.8 Å². The van der Waals surface area contributed by atoms with Gasteiger partial charge in [0.1, 0.15) is 5.82 Å². The van der Waals surface area contributed by atoms with Gasteiger partial charge in [-0.2, -0.15) is 0 Å². The molecule has 0 saturated heterocycles. The summed E-state index contributed by atoms with van der Waals surface area (Å²) < 4.78 is 13.2. The van der Waals surface area contributed by atoms with Gasteiger partial charge in [0.25, 0.3) is 0 Å². The Morgan fingerprint density at radius 3 is 2.80 bits per heavy atom. The van der Waals surface area contributed by atoms with Crippen molar-refractivity contribution in [2.45, 2.75) is 32.4 Å². The minimum atomic E-state index is -0.167. The molecule has 0 spiro atoms. The van der Waals surface area contributed by atoms with Gasteiger partial charge in [0, 0.05) is 24.8 Å². The summed E-state index contributed by atoms with van der Waals surface area (Å²) in [5, 5.41) is 11.9. The predicted molar refractivity (Wildman–Crippen MR) is 59.0 cm³/mol. The Bertz CT molecular complexity index is 291. The Morgan fingerprint density at radius 2 is 2.13 bits per heavy atom. The molecule has 1 rings (SSSR count). The lowest BCUT2D eigenvalue weighted by Gasteiger charge is -2.13. The Hall–Kier alpha value is -0.930. The molecular weight excluding hydrogens is 193 g/mol. The van der Waals surface area contributed by atoms with E-state index in [1.165, 1.54) is 6.07 Å². The van der Waals surface area contributed by atoms with E-state index in [0.29, 0.717) is 18.2 Å². The van der Waals surface area contributed by atoms with E-state index in [1.54, 1.807) is 12.1 Å². The van der Waals surface area contributed by atoms with Gasteiger partial charge < -0.3 is 10.4 Å². The van der Waals surface area contributed by atoms with Crippen molar-refractivity contribution >= 4 is 0 Å². The zero-order chi connectivity index (χ0) is 11.1. The van der Waals surface area contributed by atoms with E-state index in [4.69, 9.17) is 5.11 Å². The van der Waals surface area contributed by atoms with E-state index in [0.717, 1.165) is 12.8 Å². The van der Waals surface area contributed by atoms with E-state index in [9.17, 15) is 4.39 Å². The fourth-order valence-electron chi connectivity index (χ4n) is 1.43. The first-order valence-corrected chi connectivity index (χ1v) is 5.31. The van der Waals surface area contributed by atoms with Crippen LogP contribution in [-0.4, -0.2) is 17.8 Å². The van der Waals surface area contributed by atoms with Crippen molar-refractivity contribution in [1.29, 1.82) is 0 Å². The first-order valence-electron chi connectivity index (χ1n) is 5.31. The molecule has 15 heavy (non-hydrogen) atoms. The highest BCUT2D eigenvalue weighted by Crippen LogP contribution is 2.06. The van der Waals surface area contributed by atoms with Crippen LogP contribution in [-0.2, 0) is 6.54 Å². The first-order chi connectivity index (χ1) is 7.24. The monoisotopic (exact) mass is 211 g/mol. The molecule has 0 radical (unpaired) electrons. The molecule has 0 aliphatic heterocycles. The summed E-state index contributed by atoms with van der Waals surface area (Å²) in [6, 6.07) is 7.07. The number of nitrogens with one attached hydrogen (secondary N) is 1. The van der Waals surface area contributed by atoms with Crippen molar-refractivity contribution in [2.75, 3.05) is 6.61 Å². The molecule has 1 aromatic carbocycles. The molecule has 0 heterocycles. The molecule has 0 unspecified atom stereocenters. The van der Waals surface area contributed by atoms with Crippen molar-refractivity contribution < 1.29 is 9.50 Å². The van der Waals surface area contributed by atoms with Gasteiger partial charge in [0.15, 0.2) is 0 Å². The molecule has 84 valence electrons. The van der Waals surface area contributed by atoms with Crippen molar-refractivity contribution in [2.24, 2.45) is 0 Å². The molecule has 2 N–H and O–H groups in total. The van der Waals surface area contributed by atoms with Gasteiger partial charge in [-0.3, -0.25) is 0 Å². The Morgan fingerprint density at radius 1 is 1.40 bits per heavy atom.